The Bertz CT molecular complexity index is 241. The van der Waals surface area contributed by atoms with Crippen molar-refractivity contribution in [2.24, 2.45) is 11.8 Å². The Hall–Kier alpha value is -0.610. The Morgan fingerprint density at radius 2 is 2.31 bits per heavy atom. The van der Waals surface area contributed by atoms with Crippen LogP contribution in [0.15, 0.2) is 0 Å². The molecule has 0 bridgehead atoms. The highest BCUT2D eigenvalue weighted by Gasteiger charge is 2.40. The first-order chi connectivity index (χ1) is 7.81. The van der Waals surface area contributed by atoms with Gasteiger partial charge in [-0.15, -0.1) is 0 Å². The number of carbonyl (C=O) groups excluding carboxylic acids is 1. The topological polar surface area (TPSA) is 44.8 Å². The summed E-state index contributed by atoms with van der Waals surface area (Å²) in [5.74, 6) is 1.05. The quantitative estimate of drug-likeness (QED) is 0.672. The predicted octanol–water partition coefficient (Wildman–Crippen LogP) is 1.73. The van der Waals surface area contributed by atoms with Crippen LogP contribution in [0.1, 0.15) is 32.6 Å². The van der Waals surface area contributed by atoms with Crippen LogP contribution in [-0.2, 0) is 19.0 Å². The molecule has 2 heterocycles. The fourth-order valence-corrected chi connectivity index (χ4v) is 2.59. The zero-order valence-electron chi connectivity index (χ0n) is 9.81. The molecule has 0 unspecified atom stereocenters. The van der Waals surface area contributed by atoms with Crippen LogP contribution >= 0.6 is 0 Å². The van der Waals surface area contributed by atoms with Gasteiger partial charge in [-0.3, -0.25) is 4.79 Å². The van der Waals surface area contributed by atoms with Crippen molar-refractivity contribution in [3.8, 4) is 0 Å². The van der Waals surface area contributed by atoms with Gasteiger partial charge in [0.15, 0.2) is 6.29 Å². The highest BCUT2D eigenvalue weighted by molar-refractivity contribution is 5.69. The van der Waals surface area contributed by atoms with Gasteiger partial charge >= 0.3 is 5.97 Å². The number of hydrogen-bond acceptors (Lipinski definition) is 4. The third-order valence-electron chi connectivity index (χ3n) is 3.42. The molecule has 0 amide bonds. The van der Waals surface area contributed by atoms with Crippen LogP contribution < -0.4 is 0 Å². The third-order valence-corrected chi connectivity index (χ3v) is 3.42. The van der Waals surface area contributed by atoms with E-state index in [1.807, 2.05) is 6.92 Å². The molecule has 0 aromatic heterocycles. The molecule has 0 saturated carbocycles. The van der Waals surface area contributed by atoms with E-state index in [4.69, 9.17) is 14.2 Å². The summed E-state index contributed by atoms with van der Waals surface area (Å²) in [5.41, 5.74) is 0. The van der Waals surface area contributed by atoms with E-state index < -0.39 is 0 Å². The smallest absolute Gasteiger partial charge is 0.305 e. The maximum absolute atomic E-state index is 11.2. The molecule has 2 saturated heterocycles. The lowest BCUT2D eigenvalue weighted by molar-refractivity contribution is -0.143. The Labute approximate surface area is 96.2 Å². The van der Waals surface area contributed by atoms with Crippen molar-refractivity contribution in [1.29, 1.82) is 0 Å². The molecule has 4 nitrogen and oxygen atoms in total. The van der Waals surface area contributed by atoms with E-state index in [1.54, 1.807) is 0 Å². The molecule has 3 atom stereocenters. The fraction of sp³-hybridized carbons (Fsp3) is 0.917. The maximum atomic E-state index is 11.2. The van der Waals surface area contributed by atoms with Gasteiger partial charge in [0.05, 0.1) is 19.8 Å². The minimum atomic E-state index is -0.0827. The summed E-state index contributed by atoms with van der Waals surface area (Å²) in [6.07, 6.45) is 3.61. The summed E-state index contributed by atoms with van der Waals surface area (Å²) in [5, 5.41) is 0. The molecule has 4 heteroatoms. The van der Waals surface area contributed by atoms with E-state index in [1.165, 1.54) is 0 Å². The van der Waals surface area contributed by atoms with Gasteiger partial charge in [0.2, 0.25) is 0 Å². The molecule has 0 N–H and O–H groups in total. The van der Waals surface area contributed by atoms with Crippen molar-refractivity contribution in [3.63, 3.8) is 0 Å². The van der Waals surface area contributed by atoms with Crippen molar-refractivity contribution >= 4 is 5.97 Å². The number of carbonyl (C=O) groups is 1. The molecule has 0 spiro atoms. The lowest BCUT2D eigenvalue weighted by atomic mass is 9.89. The van der Waals surface area contributed by atoms with Gasteiger partial charge < -0.3 is 14.2 Å². The molecule has 16 heavy (non-hydrogen) atoms. The molecule has 0 aromatic carbocycles. The lowest BCUT2D eigenvalue weighted by Crippen LogP contribution is -2.15. The van der Waals surface area contributed by atoms with Crippen molar-refractivity contribution in [3.05, 3.63) is 0 Å². The minimum Gasteiger partial charge on any atom is -0.466 e. The van der Waals surface area contributed by atoms with Crippen LogP contribution in [0, 0.1) is 11.8 Å². The largest absolute Gasteiger partial charge is 0.466 e. The Morgan fingerprint density at radius 1 is 1.44 bits per heavy atom. The maximum Gasteiger partial charge on any atom is 0.305 e. The van der Waals surface area contributed by atoms with Crippen LogP contribution in [0.4, 0.5) is 0 Å². The molecule has 0 radical (unpaired) electrons. The van der Waals surface area contributed by atoms with E-state index in [2.05, 4.69) is 0 Å². The van der Waals surface area contributed by atoms with E-state index in [0.717, 1.165) is 32.5 Å². The lowest BCUT2D eigenvalue weighted by Gasteiger charge is -2.13. The number of rotatable bonds is 5. The summed E-state index contributed by atoms with van der Waals surface area (Å²) in [6, 6.07) is 0. The predicted molar refractivity (Wildman–Crippen MR) is 57.8 cm³/mol. The molecule has 0 aliphatic carbocycles. The van der Waals surface area contributed by atoms with Gasteiger partial charge in [-0.2, -0.15) is 0 Å². The van der Waals surface area contributed by atoms with Crippen LogP contribution in [-0.4, -0.2) is 32.1 Å². The normalized spacial score (nSPS) is 32.7. The Kier molecular flexibility index (Phi) is 4.18. The number of ether oxygens (including phenoxy) is 3. The van der Waals surface area contributed by atoms with Gasteiger partial charge in [-0.05, 0) is 32.1 Å². The summed E-state index contributed by atoms with van der Waals surface area (Å²) in [4.78, 5) is 11.2. The third kappa shape index (κ3) is 2.74. The molecular formula is C12H20O4. The second kappa shape index (κ2) is 5.64. The van der Waals surface area contributed by atoms with Crippen molar-refractivity contribution in [2.75, 3.05) is 19.8 Å². The fourth-order valence-electron chi connectivity index (χ4n) is 2.59. The first kappa shape index (κ1) is 11.9. The summed E-state index contributed by atoms with van der Waals surface area (Å²) >= 11 is 0. The monoisotopic (exact) mass is 228 g/mol. The summed E-state index contributed by atoms with van der Waals surface area (Å²) in [7, 11) is 0. The summed E-state index contributed by atoms with van der Waals surface area (Å²) < 4.78 is 15.9. The molecular weight excluding hydrogens is 208 g/mol. The van der Waals surface area contributed by atoms with Crippen LogP contribution in [0.5, 0.6) is 0 Å². The second-order valence-electron chi connectivity index (χ2n) is 4.48. The average molecular weight is 228 g/mol. The zero-order valence-corrected chi connectivity index (χ0v) is 9.81. The van der Waals surface area contributed by atoms with Gasteiger partial charge in [-0.1, -0.05) is 0 Å². The number of fused-ring (bicyclic) bond motifs is 1. The molecule has 92 valence electrons. The molecule has 2 fully saturated rings. The van der Waals surface area contributed by atoms with Crippen molar-refractivity contribution < 1.29 is 19.0 Å². The van der Waals surface area contributed by atoms with Crippen LogP contribution in [0.25, 0.3) is 0 Å². The first-order valence-corrected chi connectivity index (χ1v) is 6.20. The Balaban J connectivity index is 1.65. The van der Waals surface area contributed by atoms with Gasteiger partial charge in [0.1, 0.15) is 0 Å². The van der Waals surface area contributed by atoms with Crippen LogP contribution in [0.3, 0.4) is 0 Å². The van der Waals surface area contributed by atoms with E-state index in [-0.39, 0.29) is 12.3 Å². The average Bonchev–Trinajstić information content (AvgIpc) is 2.82. The number of esters is 1. The van der Waals surface area contributed by atoms with E-state index in [0.29, 0.717) is 24.9 Å². The molecule has 2 rings (SSSR count). The highest BCUT2D eigenvalue weighted by atomic mass is 16.7. The van der Waals surface area contributed by atoms with Crippen LogP contribution in [0.2, 0.25) is 0 Å². The van der Waals surface area contributed by atoms with Crippen molar-refractivity contribution in [1.82, 2.24) is 0 Å². The molecule has 0 aromatic rings. The van der Waals surface area contributed by atoms with Gasteiger partial charge in [0.25, 0.3) is 0 Å². The molecule has 2 aliphatic rings. The van der Waals surface area contributed by atoms with Crippen molar-refractivity contribution in [2.45, 2.75) is 38.9 Å². The standard InChI is InChI=1S/C12H20O4/c1-2-14-11(13)5-3-4-9-8-16-12-10(9)6-7-15-12/h9-10,12H,2-8H2,1H3/t9-,10-,12+/m0/s1. The summed E-state index contributed by atoms with van der Waals surface area (Å²) in [6.45, 7) is 3.93. The van der Waals surface area contributed by atoms with Gasteiger partial charge in [0, 0.05) is 12.3 Å². The highest BCUT2D eigenvalue weighted by Crippen LogP contribution is 2.37. The second-order valence-corrected chi connectivity index (χ2v) is 4.48. The Morgan fingerprint density at radius 3 is 3.12 bits per heavy atom. The SMILES string of the molecule is CCOC(=O)CCC[C@H]1CO[C@H]2OCC[C@@H]12. The first-order valence-electron chi connectivity index (χ1n) is 6.20. The molecule has 2 aliphatic heterocycles. The number of hydrogen-bond donors (Lipinski definition) is 0. The van der Waals surface area contributed by atoms with Gasteiger partial charge in [-0.25, -0.2) is 0 Å². The minimum absolute atomic E-state index is 0.0348. The van der Waals surface area contributed by atoms with E-state index in [9.17, 15) is 4.79 Å². The van der Waals surface area contributed by atoms with E-state index >= 15 is 0 Å². The zero-order chi connectivity index (χ0) is 11.4.